The van der Waals surface area contributed by atoms with Gasteiger partial charge in [-0.1, -0.05) is 82.0 Å². The Morgan fingerprint density at radius 3 is 2.05 bits per heavy atom. The molecule has 2 aromatic carbocycles. The molecule has 0 bridgehead atoms. The molecule has 0 fully saturated rings. The number of rotatable bonds is 9. The molecule has 2 nitrogen and oxygen atoms in total. The summed E-state index contributed by atoms with van der Waals surface area (Å²) in [7, 11) is 1.86. The van der Waals surface area contributed by atoms with Crippen LogP contribution < -0.4 is 5.32 Å². The lowest BCUT2D eigenvalue weighted by atomic mass is 9.86. The van der Waals surface area contributed by atoms with Gasteiger partial charge in [-0.3, -0.25) is 0 Å². The van der Waals surface area contributed by atoms with E-state index in [2.05, 4.69) is 115 Å². The highest BCUT2D eigenvalue weighted by atomic mass is 32.2. The van der Waals surface area contributed by atoms with Crippen LogP contribution in [0.5, 0.6) is 0 Å². The van der Waals surface area contributed by atoms with Gasteiger partial charge in [-0.25, -0.2) is 4.99 Å². The van der Waals surface area contributed by atoms with E-state index >= 15 is 0 Å². The van der Waals surface area contributed by atoms with Crippen molar-refractivity contribution >= 4 is 22.5 Å². The van der Waals surface area contributed by atoms with Crippen molar-refractivity contribution in [1.82, 2.24) is 5.32 Å². The minimum atomic E-state index is 0.173. The van der Waals surface area contributed by atoms with Gasteiger partial charge in [-0.2, -0.15) is 0 Å². The first kappa shape index (κ1) is 36.0. The van der Waals surface area contributed by atoms with Crippen LogP contribution in [-0.4, -0.2) is 17.8 Å². The molecular formula is C36H52N2S. The molecule has 39 heavy (non-hydrogen) atoms. The predicted octanol–water partition coefficient (Wildman–Crippen LogP) is 10.1. The van der Waals surface area contributed by atoms with Crippen molar-refractivity contribution in [2.45, 2.75) is 87.0 Å². The van der Waals surface area contributed by atoms with Gasteiger partial charge in [-0.05, 0) is 106 Å². The van der Waals surface area contributed by atoms with Gasteiger partial charge in [0.05, 0.1) is 10.7 Å². The first-order valence-corrected chi connectivity index (χ1v) is 14.7. The zero-order chi connectivity index (χ0) is 30.0. The highest BCUT2D eigenvalue weighted by Gasteiger charge is 2.13. The van der Waals surface area contributed by atoms with Crippen molar-refractivity contribution in [3.05, 3.63) is 101 Å². The fourth-order valence-corrected chi connectivity index (χ4v) is 4.30. The first-order chi connectivity index (χ1) is 18.2. The zero-order valence-electron chi connectivity index (χ0n) is 26.3. The summed E-state index contributed by atoms with van der Waals surface area (Å²) in [4.78, 5) is 4.70. The second-order valence-corrected chi connectivity index (χ2v) is 12.2. The largest absolute Gasteiger partial charge is 0.389 e. The minimum absolute atomic E-state index is 0.173. The minimum Gasteiger partial charge on any atom is -0.389 e. The lowest BCUT2D eigenvalue weighted by molar-refractivity contribution is 0.590. The molecule has 0 atom stereocenters. The van der Waals surface area contributed by atoms with E-state index in [1.807, 2.05) is 38.7 Å². The third kappa shape index (κ3) is 16.6. The van der Waals surface area contributed by atoms with Crippen LogP contribution in [0.15, 0.2) is 78.0 Å². The molecule has 0 aliphatic rings. The van der Waals surface area contributed by atoms with Crippen LogP contribution in [0, 0.1) is 26.2 Å². The van der Waals surface area contributed by atoms with Crippen molar-refractivity contribution < 1.29 is 0 Å². The number of aryl methyl sites for hydroxylation is 3. The Hall–Kier alpha value is -2.96. The molecule has 0 aromatic heterocycles. The van der Waals surface area contributed by atoms with E-state index in [0.29, 0.717) is 0 Å². The summed E-state index contributed by atoms with van der Waals surface area (Å²) >= 11 is 1.84. The molecule has 212 valence electrons. The molecule has 1 N–H and O–H groups in total. The van der Waals surface area contributed by atoms with E-state index < -0.39 is 0 Å². The molecule has 2 rings (SSSR count). The maximum Gasteiger partial charge on any atom is 0.0707 e. The van der Waals surface area contributed by atoms with E-state index in [1.165, 1.54) is 40.7 Å². The number of nitrogens with zero attached hydrogens (tertiary/aromatic N) is 1. The zero-order valence-corrected chi connectivity index (χ0v) is 27.1. The van der Waals surface area contributed by atoms with Crippen LogP contribution in [0.4, 0.5) is 0 Å². The van der Waals surface area contributed by atoms with Gasteiger partial charge in [0.1, 0.15) is 0 Å². The van der Waals surface area contributed by atoms with Crippen LogP contribution in [0.2, 0.25) is 0 Å². The van der Waals surface area contributed by atoms with Crippen molar-refractivity contribution in [1.29, 1.82) is 0 Å². The van der Waals surface area contributed by atoms with Crippen LogP contribution in [-0.2, 0) is 11.8 Å². The number of aliphatic imine (C=N–C) groups is 1. The van der Waals surface area contributed by atoms with Gasteiger partial charge in [0.2, 0.25) is 0 Å². The molecule has 0 saturated carbocycles. The molecule has 2 aromatic rings. The standard InChI is InChI=1S/C26H35NS.C7H13N.C3H4/c1-19-11-12-23(18-20(19)2)10-8-9-17-28-22(4)27-21(3)24-13-15-25(16-14-24)26(5,6)7;1-6(2)5-7(3)8-4;1-3-2/h11-16,18H,3,8-10,17H2,1-2,4-7H3;5,8H,3H2,1-2,4H3;1H,2H3. The maximum atomic E-state index is 4.70. The molecule has 0 aliphatic carbocycles. The van der Waals surface area contributed by atoms with Gasteiger partial charge in [0, 0.05) is 12.7 Å². The number of benzene rings is 2. The lowest BCUT2D eigenvalue weighted by Crippen LogP contribution is -2.10. The number of hydrogen-bond donors (Lipinski definition) is 1. The third-order valence-electron chi connectivity index (χ3n) is 5.90. The number of unbranched alkanes of at least 4 members (excludes halogenated alkanes) is 1. The number of thioether (sulfide) groups is 1. The van der Waals surface area contributed by atoms with Crippen molar-refractivity contribution in [3.8, 4) is 12.3 Å². The highest BCUT2D eigenvalue weighted by molar-refractivity contribution is 8.13. The summed E-state index contributed by atoms with van der Waals surface area (Å²) in [5, 5.41) is 4.02. The molecule has 0 radical (unpaired) electrons. The molecule has 3 heteroatoms. The molecule has 0 heterocycles. The Labute approximate surface area is 245 Å². The molecule has 0 aliphatic heterocycles. The van der Waals surface area contributed by atoms with Crippen molar-refractivity contribution in [2.75, 3.05) is 12.8 Å². The fraction of sp³-hybridized carbons (Fsp3) is 0.417. The molecule has 0 unspecified atom stereocenters. The predicted molar refractivity (Wildman–Crippen MR) is 181 cm³/mol. The van der Waals surface area contributed by atoms with Crippen LogP contribution in [0.3, 0.4) is 0 Å². The summed E-state index contributed by atoms with van der Waals surface area (Å²) in [5.41, 5.74) is 9.90. The number of hydrogen-bond acceptors (Lipinski definition) is 3. The SMILES string of the molecule is C#CC.C=C(C=C(C)C)NC.C=C(N=C(C)SCCCCc1ccc(C)c(C)c1)c1ccc(C(C)(C)C)cc1. The maximum absolute atomic E-state index is 4.70. The summed E-state index contributed by atoms with van der Waals surface area (Å²) in [6, 6.07) is 15.5. The Morgan fingerprint density at radius 2 is 1.59 bits per heavy atom. The van der Waals surface area contributed by atoms with E-state index in [9.17, 15) is 0 Å². The summed E-state index contributed by atoms with van der Waals surface area (Å²) in [6.07, 6.45) is 10.2. The number of likely N-dealkylation sites (N-methyl/N-ethyl adjacent to an activating group) is 1. The van der Waals surface area contributed by atoms with Gasteiger partial charge >= 0.3 is 0 Å². The van der Waals surface area contributed by atoms with E-state index in [-0.39, 0.29) is 5.41 Å². The van der Waals surface area contributed by atoms with Gasteiger partial charge in [-0.15, -0.1) is 24.1 Å². The van der Waals surface area contributed by atoms with E-state index in [0.717, 1.165) is 34.2 Å². The van der Waals surface area contributed by atoms with Crippen molar-refractivity contribution in [2.24, 2.45) is 4.99 Å². The average molecular weight is 545 g/mol. The Balaban J connectivity index is 0.00000111. The third-order valence-corrected chi connectivity index (χ3v) is 6.90. The lowest BCUT2D eigenvalue weighted by Gasteiger charge is -2.19. The summed E-state index contributed by atoms with van der Waals surface area (Å²) in [6.45, 7) is 26.8. The Morgan fingerprint density at radius 1 is 1.00 bits per heavy atom. The smallest absolute Gasteiger partial charge is 0.0707 e. The highest BCUT2D eigenvalue weighted by Crippen LogP contribution is 2.25. The van der Waals surface area contributed by atoms with Gasteiger partial charge < -0.3 is 5.32 Å². The molecular weight excluding hydrogens is 492 g/mol. The van der Waals surface area contributed by atoms with Gasteiger partial charge in [0.15, 0.2) is 0 Å². The van der Waals surface area contributed by atoms with Crippen molar-refractivity contribution in [3.63, 3.8) is 0 Å². The number of allylic oxidation sites excluding steroid dienone is 2. The Kier molecular flexibility index (Phi) is 17.7. The number of terminal acetylenes is 1. The second kappa shape index (κ2) is 19.2. The first-order valence-electron chi connectivity index (χ1n) is 13.7. The molecule has 0 spiro atoms. The Bertz CT molecular complexity index is 1130. The topological polar surface area (TPSA) is 24.4 Å². The second-order valence-electron chi connectivity index (χ2n) is 10.9. The fourth-order valence-electron chi connectivity index (χ4n) is 3.48. The molecule has 0 amide bonds. The monoisotopic (exact) mass is 544 g/mol. The van der Waals surface area contributed by atoms with Crippen LogP contribution >= 0.6 is 11.8 Å². The summed E-state index contributed by atoms with van der Waals surface area (Å²) in [5.74, 6) is 3.36. The van der Waals surface area contributed by atoms with Gasteiger partial charge in [0.25, 0.3) is 0 Å². The molecule has 0 saturated heterocycles. The normalized spacial score (nSPS) is 10.6. The van der Waals surface area contributed by atoms with E-state index in [1.54, 1.807) is 6.92 Å². The average Bonchev–Trinajstić information content (AvgIpc) is 2.86. The quantitative estimate of drug-likeness (QED) is 0.112. The van der Waals surface area contributed by atoms with Crippen LogP contribution in [0.25, 0.3) is 5.70 Å². The van der Waals surface area contributed by atoms with E-state index in [4.69, 9.17) is 4.99 Å². The van der Waals surface area contributed by atoms with Crippen LogP contribution in [0.1, 0.15) is 89.1 Å². The number of nitrogens with one attached hydrogen (secondary N) is 1. The summed E-state index contributed by atoms with van der Waals surface area (Å²) < 4.78 is 0.